The second-order valence-electron chi connectivity index (χ2n) is 3.24. The Kier molecular flexibility index (Phi) is 3.17. The highest BCUT2D eigenvalue weighted by molar-refractivity contribution is 5.83. The predicted molar refractivity (Wildman–Crippen MR) is 61.4 cm³/mol. The highest BCUT2D eigenvalue weighted by Crippen LogP contribution is 2.19. The molecule has 0 bridgehead atoms. The Bertz CT molecular complexity index is 442. The van der Waals surface area contributed by atoms with Gasteiger partial charge in [-0.3, -0.25) is 0 Å². The standard InChI is InChI=1S/C12H14N2O/c1-2-13-14-15-12-8-7-10-5-3-4-6-11(10)9-12/h3-9,13-14H,2H2,1H3. The Balaban J connectivity index is 2.16. The third kappa shape index (κ3) is 2.46. The van der Waals surface area contributed by atoms with Gasteiger partial charge in [0.1, 0.15) is 5.75 Å². The van der Waals surface area contributed by atoms with Gasteiger partial charge < -0.3 is 4.84 Å². The van der Waals surface area contributed by atoms with Crippen LogP contribution in [0.15, 0.2) is 42.5 Å². The molecular formula is C12H14N2O. The van der Waals surface area contributed by atoms with Crippen LogP contribution in [0, 0.1) is 0 Å². The van der Waals surface area contributed by atoms with Gasteiger partial charge in [-0.15, -0.1) is 0 Å². The lowest BCUT2D eigenvalue weighted by atomic mass is 10.1. The van der Waals surface area contributed by atoms with Crippen molar-refractivity contribution in [1.29, 1.82) is 0 Å². The summed E-state index contributed by atoms with van der Waals surface area (Å²) >= 11 is 0. The smallest absolute Gasteiger partial charge is 0.149 e. The summed E-state index contributed by atoms with van der Waals surface area (Å²) in [6, 6.07) is 14.2. The molecule has 2 aromatic carbocycles. The number of hydrogen-bond donors (Lipinski definition) is 2. The van der Waals surface area contributed by atoms with E-state index in [0.29, 0.717) is 0 Å². The summed E-state index contributed by atoms with van der Waals surface area (Å²) in [5, 5.41) is 2.39. The minimum Gasteiger partial charge on any atom is -0.394 e. The maximum atomic E-state index is 5.29. The summed E-state index contributed by atoms with van der Waals surface area (Å²) in [5.41, 5.74) is 5.54. The number of benzene rings is 2. The molecular weight excluding hydrogens is 188 g/mol. The first kappa shape index (κ1) is 9.96. The SMILES string of the molecule is CCNNOc1ccc2ccccc2c1. The topological polar surface area (TPSA) is 33.3 Å². The van der Waals surface area contributed by atoms with E-state index < -0.39 is 0 Å². The lowest BCUT2D eigenvalue weighted by Gasteiger charge is -2.07. The number of rotatable bonds is 4. The second-order valence-corrected chi connectivity index (χ2v) is 3.24. The van der Waals surface area contributed by atoms with Gasteiger partial charge in [0.05, 0.1) is 0 Å². The molecule has 2 N–H and O–H groups in total. The lowest BCUT2D eigenvalue weighted by molar-refractivity contribution is 0.152. The molecule has 3 nitrogen and oxygen atoms in total. The van der Waals surface area contributed by atoms with E-state index in [-0.39, 0.29) is 0 Å². The van der Waals surface area contributed by atoms with Gasteiger partial charge in [0.15, 0.2) is 0 Å². The molecule has 0 aliphatic rings. The van der Waals surface area contributed by atoms with E-state index in [9.17, 15) is 0 Å². The lowest BCUT2D eigenvalue weighted by Crippen LogP contribution is -2.34. The van der Waals surface area contributed by atoms with Crippen molar-refractivity contribution in [2.24, 2.45) is 0 Å². The molecule has 2 aromatic rings. The van der Waals surface area contributed by atoms with Crippen LogP contribution in [-0.4, -0.2) is 6.54 Å². The van der Waals surface area contributed by atoms with Crippen LogP contribution in [0.5, 0.6) is 5.75 Å². The number of fused-ring (bicyclic) bond motifs is 1. The quantitative estimate of drug-likeness (QED) is 0.589. The molecule has 0 aliphatic carbocycles. The van der Waals surface area contributed by atoms with Crippen molar-refractivity contribution >= 4 is 10.8 Å². The molecule has 0 amide bonds. The van der Waals surface area contributed by atoms with Crippen LogP contribution in [0.4, 0.5) is 0 Å². The van der Waals surface area contributed by atoms with Crippen molar-refractivity contribution in [2.75, 3.05) is 6.54 Å². The summed E-state index contributed by atoms with van der Waals surface area (Å²) in [4.78, 5) is 5.29. The van der Waals surface area contributed by atoms with Gasteiger partial charge in [0, 0.05) is 6.54 Å². The van der Waals surface area contributed by atoms with Crippen LogP contribution in [0.25, 0.3) is 10.8 Å². The van der Waals surface area contributed by atoms with Crippen molar-refractivity contribution in [2.45, 2.75) is 6.92 Å². The molecule has 0 heterocycles. The maximum absolute atomic E-state index is 5.29. The highest BCUT2D eigenvalue weighted by atomic mass is 16.7. The Labute approximate surface area is 89.0 Å². The third-order valence-corrected chi connectivity index (χ3v) is 2.14. The molecule has 0 spiro atoms. The van der Waals surface area contributed by atoms with Crippen LogP contribution in [0.2, 0.25) is 0 Å². The van der Waals surface area contributed by atoms with Gasteiger partial charge in [0.2, 0.25) is 0 Å². The number of nitrogens with one attached hydrogen (secondary N) is 2. The molecule has 15 heavy (non-hydrogen) atoms. The average molecular weight is 202 g/mol. The van der Waals surface area contributed by atoms with Crippen LogP contribution in [0.1, 0.15) is 6.92 Å². The zero-order valence-electron chi connectivity index (χ0n) is 8.66. The van der Waals surface area contributed by atoms with Gasteiger partial charge in [-0.2, -0.15) is 0 Å². The fraction of sp³-hybridized carbons (Fsp3) is 0.167. The predicted octanol–water partition coefficient (Wildman–Crippen LogP) is 2.25. The molecule has 0 radical (unpaired) electrons. The molecule has 0 aliphatic heterocycles. The molecule has 0 saturated heterocycles. The van der Waals surface area contributed by atoms with Gasteiger partial charge in [-0.1, -0.05) is 42.8 Å². The van der Waals surface area contributed by atoms with Crippen molar-refractivity contribution in [3.63, 3.8) is 0 Å². The third-order valence-electron chi connectivity index (χ3n) is 2.14. The first-order valence-electron chi connectivity index (χ1n) is 5.03. The zero-order valence-corrected chi connectivity index (χ0v) is 8.66. The van der Waals surface area contributed by atoms with Gasteiger partial charge in [-0.25, -0.2) is 5.43 Å². The highest BCUT2D eigenvalue weighted by Gasteiger charge is 1.95. The van der Waals surface area contributed by atoms with E-state index in [1.54, 1.807) is 0 Å². The first-order chi connectivity index (χ1) is 7.40. The Morgan fingerprint density at radius 1 is 1.07 bits per heavy atom. The summed E-state index contributed by atoms with van der Waals surface area (Å²) in [5.74, 6) is 0.801. The fourth-order valence-electron chi connectivity index (χ4n) is 1.40. The van der Waals surface area contributed by atoms with Gasteiger partial charge >= 0.3 is 0 Å². The van der Waals surface area contributed by atoms with Gasteiger partial charge in [-0.05, 0) is 22.9 Å². The first-order valence-corrected chi connectivity index (χ1v) is 5.03. The Hall–Kier alpha value is -1.58. The van der Waals surface area contributed by atoms with E-state index in [4.69, 9.17) is 4.84 Å². The van der Waals surface area contributed by atoms with Crippen LogP contribution >= 0.6 is 0 Å². The van der Waals surface area contributed by atoms with Crippen LogP contribution in [0.3, 0.4) is 0 Å². The van der Waals surface area contributed by atoms with E-state index in [2.05, 4.69) is 23.1 Å². The van der Waals surface area contributed by atoms with Gasteiger partial charge in [0.25, 0.3) is 0 Å². The molecule has 0 atom stereocenters. The summed E-state index contributed by atoms with van der Waals surface area (Å²) in [6.07, 6.45) is 0. The molecule has 0 saturated carbocycles. The summed E-state index contributed by atoms with van der Waals surface area (Å²) in [6.45, 7) is 2.81. The van der Waals surface area contributed by atoms with Crippen molar-refractivity contribution in [1.82, 2.24) is 11.0 Å². The normalized spacial score (nSPS) is 10.5. The van der Waals surface area contributed by atoms with E-state index in [0.717, 1.165) is 12.3 Å². The largest absolute Gasteiger partial charge is 0.394 e. The monoisotopic (exact) mass is 202 g/mol. The number of hydrogen-bond acceptors (Lipinski definition) is 3. The van der Waals surface area contributed by atoms with Crippen molar-refractivity contribution < 1.29 is 4.84 Å². The van der Waals surface area contributed by atoms with Crippen molar-refractivity contribution in [3.8, 4) is 5.75 Å². The van der Waals surface area contributed by atoms with Crippen LogP contribution < -0.4 is 15.9 Å². The van der Waals surface area contributed by atoms with Crippen LogP contribution in [-0.2, 0) is 0 Å². The molecule has 2 rings (SSSR count). The molecule has 78 valence electrons. The van der Waals surface area contributed by atoms with Crippen molar-refractivity contribution in [3.05, 3.63) is 42.5 Å². The maximum Gasteiger partial charge on any atom is 0.149 e. The molecule has 0 unspecified atom stereocenters. The fourth-order valence-corrected chi connectivity index (χ4v) is 1.40. The second kappa shape index (κ2) is 4.77. The molecule has 0 aromatic heterocycles. The van der Waals surface area contributed by atoms with E-state index in [1.807, 2.05) is 37.3 Å². The minimum atomic E-state index is 0.801. The molecule has 3 heteroatoms. The van der Waals surface area contributed by atoms with E-state index in [1.165, 1.54) is 10.8 Å². The minimum absolute atomic E-state index is 0.801. The Morgan fingerprint density at radius 3 is 2.67 bits per heavy atom. The van der Waals surface area contributed by atoms with E-state index >= 15 is 0 Å². The molecule has 0 fully saturated rings. The average Bonchev–Trinajstić information content (AvgIpc) is 2.29. The Morgan fingerprint density at radius 2 is 1.87 bits per heavy atom. The number of hydrazine groups is 1. The summed E-state index contributed by atoms with van der Waals surface area (Å²) < 4.78 is 0. The zero-order chi connectivity index (χ0) is 10.5. The summed E-state index contributed by atoms with van der Waals surface area (Å²) in [7, 11) is 0.